The van der Waals surface area contributed by atoms with Crippen LogP contribution in [-0.2, 0) is 20.7 Å². The molecule has 0 saturated carbocycles. The first kappa shape index (κ1) is 42.2. The fourth-order valence-electron chi connectivity index (χ4n) is 9.99. The Labute approximate surface area is 373 Å². The molecule has 0 bridgehead atoms. The maximum Gasteiger partial charge on any atom is 0.262 e. The number of nitrogens with zero attached hydrogens (tertiary/aromatic N) is 5. The van der Waals surface area contributed by atoms with Gasteiger partial charge in [-0.3, -0.25) is 44.2 Å². The predicted molar refractivity (Wildman–Crippen MR) is 239 cm³/mol. The number of piperazine rings is 1. The van der Waals surface area contributed by atoms with E-state index in [1.165, 1.54) is 12.1 Å². The number of carbonyl (C=O) groups is 5. The molecule has 15 nitrogen and oxygen atoms in total. The van der Waals surface area contributed by atoms with Gasteiger partial charge in [0.15, 0.2) is 5.82 Å². The number of aromatic amines is 1. The number of H-pyrrole nitrogens is 1. The quantitative estimate of drug-likeness (QED) is 0.131. The molecule has 6 heterocycles. The molecule has 4 N–H and O–H groups in total. The maximum atomic E-state index is 14.1. The summed E-state index contributed by atoms with van der Waals surface area (Å²) < 4.78 is 33.4. The molecule has 336 valence electrons. The molecular weight excluding hydrogens is 837 g/mol. The molecular formula is C48H49F2N9O6. The van der Waals surface area contributed by atoms with Crippen LogP contribution >= 0.6 is 0 Å². The van der Waals surface area contributed by atoms with Gasteiger partial charge in [0, 0.05) is 99.5 Å². The van der Waals surface area contributed by atoms with Crippen molar-refractivity contribution in [1.29, 1.82) is 0 Å². The van der Waals surface area contributed by atoms with Gasteiger partial charge in [-0.25, -0.2) is 8.78 Å². The number of fused-ring (bicyclic) bond motifs is 2. The minimum Gasteiger partial charge on any atom is -0.381 e. The van der Waals surface area contributed by atoms with Crippen LogP contribution in [0.15, 0.2) is 72.8 Å². The second-order valence-electron chi connectivity index (χ2n) is 17.5. The van der Waals surface area contributed by atoms with Crippen LogP contribution in [0.2, 0.25) is 0 Å². The van der Waals surface area contributed by atoms with Gasteiger partial charge in [0.25, 0.3) is 17.7 Å². The lowest BCUT2D eigenvalue weighted by molar-refractivity contribution is -0.136. The summed E-state index contributed by atoms with van der Waals surface area (Å²) in [5.74, 6) is -3.26. The van der Waals surface area contributed by atoms with Crippen molar-refractivity contribution in [2.24, 2.45) is 0 Å². The third kappa shape index (κ3) is 8.65. The summed E-state index contributed by atoms with van der Waals surface area (Å²) in [6, 6.07) is 19.8. The van der Waals surface area contributed by atoms with Crippen LogP contribution in [0.1, 0.15) is 80.7 Å². The number of anilines is 4. The maximum absolute atomic E-state index is 14.1. The number of piperidine rings is 2. The van der Waals surface area contributed by atoms with Gasteiger partial charge in [-0.1, -0.05) is 6.07 Å². The topological polar surface area (TPSA) is 172 Å². The van der Waals surface area contributed by atoms with E-state index in [-0.39, 0.29) is 35.9 Å². The zero-order valence-electron chi connectivity index (χ0n) is 35.7. The van der Waals surface area contributed by atoms with Crippen molar-refractivity contribution in [3.8, 4) is 0 Å². The van der Waals surface area contributed by atoms with Crippen molar-refractivity contribution < 1.29 is 37.5 Å². The van der Waals surface area contributed by atoms with E-state index in [1.54, 1.807) is 12.1 Å². The molecule has 1 unspecified atom stereocenters. The highest BCUT2D eigenvalue weighted by atomic mass is 19.1. The number of ether oxygens (including phenoxy) is 1. The molecule has 5 aliphatic heterocycles. The Morgan fingerprint density at radius 1 is 0.738 bits per heavy atom. The number of carbonyl (C=O) groups excluding carboxylic acids is 5. The Morgan fingerprint density at radius 3 is 2.20 bits per heavy atom. The number of benzene rings is 4. The lowest BCUT2D eigenvalue weighted by Crippen LogP contribution is -2.54. The minimum absolute atomic E-state index is 0.0754. The summed E-state index contributed by atoms with van der Waals surface area (Å²) in [6.07, 6.45) is 4.01. The highest BCUT2D eigenvalue weighted by molar-refractivity contribution is 6.23. The highest BCUT2D eigenvalue weighted by Crippen LogP contribution is 2.34. The monoisotopic (exact) mass is 885 g/mol. The average molecular weight is 886 g/mol. The molecule has 5 aliphatic rings. The van der Waals surface area contributed by atoms with Crippen molar-refractivity contribution >= 4 is 63.3 Å². The lowest BCUT2D eigenvalue weighted by Gasteiger charge is -2.44. The number of hydrogen-bond acceptors (Lipinski definition) is 11. The summed E-state index contributed by atoms with van der Waals surface area (Å²) in [5.41, 5.74) is 5.70. The molecule has 17 heteroatoms. The smallest absolute Gasteiger partial charge is 0.262 e. The number of nitrogens with one attached hydrogen (secondary N) is 4. The van der Waals surface area contributed by atoms with Crippen molar-refractivity contribution in [2.75, 3.05) is 72.9 Å². The summed E-state index contributed by atoms with van der Waals surface area (Å²) in [5, 5.41) is 17.0. The van der Waals surface area contributed by atoms with E-state index < -0.39 is 41.3 Å². The van der Waals surface area contributed by atoms with Gasteiger partial charge in [-0.05, 0) is 110 Å². The van der Waals surface area contributed by atoms with E-state index in [2.05, 4.69) is 46.9 Å². The first-order valence-corrected chi connectivity index (χ1v) is 22.4. The van der Waals surface area contributed by atoms with E-state index in [4.69, 9.17) is 4.74 Å². The molecule has 1 atom stereocenters. The van der Waals surface area contributed by atoms with Gasteiger partial charge in [-0.2, -0.15) is 5.10 Å². The second kappa shape index (κ2) is 17.7. The van der Waals surface area contributed by atoms with Crippen LogP contribution in [0, 0.1) is 11.6 Å². The first-order chi connectivity index (χ1) is 31.5. The van der Waals surface area contributed by atoms with Gasteiger partial charge < -0.3 is 25.2 Å². The molecule has 0 spiro atoms. The minimum atomic E-state index is -0.996. The van der Waals surface area contributed by atoms with E-state index in [1.807, 2.05) is 36.4 Å². The Kier molecular flexibility index (Phi) is 11.5. The number of imide groups is 2. The molecule has 0 aliphatic carbocycles. The van der Waals surface area contributed by atoms with Crippen LogP contribution in [-0.4, -0.2) is 120 Å². The number of amides is 5. The Hall–Kier alpha value is -6.72. The van der Waals surface area contributed by atoms with Gasteiger partial charge >= 0.3 is 0 Å². The number of aromatic nitrogens is 2. The Bertz CT molecular complexity index is 2680. The number of halogens is 2. The summed E-state index contributed by atoms with van der Waals surface area (Å²) in [6.45, 7) is 6.25. The molecule has 5 amide bonds. The molecule has 0 radical (unpaired) electrons. The Morgan fingerprint density at radius 2 is 1.45 bits per heavy atom. The standard InChI is InChI=1S/C48H49F2N9O6/c49-30-22-29(23-31(50)25-30)21-28-1-6-40-39(24-28)44(55-54-40)53-45(61)37-5-3-35(27-41(37)51-32-11-19-65-20-12-32)58-17-15-57(16-18-58)33-9-13-56(14-10-33)34-2-4-36-38(26-34)48(64)59(47(36)63)42-7-8-43(60)52-46(42)62/h1-6,22-27,32-33,42,51H,7-21H2,(H,52,60,62)(H2,53,54,55,61). The SMILES string of the molecule is O=C1CCC(N2C(=O)c3ccc(N4CCC(N5CCN(c6ccc(C(=O)Nc7n[nH]c8ccc(Cc9cc(F)cc(F)c9)cc78)c(NC7CCOCC7)c6)CC5)CC4)cc3C2=O)C(=O)N1. The highest BCUT2D eigenvalue weighted by Gasteiger charge is 2.45. The van der Waals surface area contributed by atoms with Crippen LogP contribution in [0.4, 0.5) is 31.7 Å². The van der Waals surface area contributed by atoms with Gasteiger partial charge in [0.1, 0.15) is 17.7 Å². The predicted octanol–water partition coefficient (Wildman–Crippen LogP) is 5.47. The van der Waals surface area contributed by atoms with Crippen LogP contribution in [0.5, 0.6) is 0 Å². The third-order valence-electron chi connectivity index (χ3n) is 13.5. The molecule has 10 rings (SSSR count). The molecule has 4 saturated heterocycles. The summed E-state index contributed by atoms with van der Waals surface area (Å²) in [7, 11) is 0. The average Bonchev–Trinajstić information content (AvgIpc) is 3.81. The molecule has 65 heavy (non-hydrogen) atoms. The zero-order chi connectivity index (χ0) is 44.8. The normalized spacial score (nSPS) is 20.1. The number of rotatable bonds is 10. The molecule has 4 fully saturated rings. The van der Waals surface area contributed by atoms with Gasteiger partial charge in [0.2, 0.25) is 11.8 Å². The summed E-state index contributed by atoms with van der Waals surface area (Å²) in [4.78, 5) is 73.1. The van der Waals surface area contributed by atoms with E-state index in [0.717, 1.165) is 98.5 Å². The Balaban J connectivity index is 0.778. The zero-order valence-corrected chi connectivity index (χ0v) is 35.7. The van der Waals surface area contributed by atoms with E-state index in [0.29, 0.717) is 53.5 Å². The van der Waals surface area contributed by atoms with Gasteiger partial charge in [-0.15, -0.1) is 0 Å². The fraction of sp³-hybridized carbons (Fsp3) is 0.375. The van der Waals surface area contributed by atoms with Crippen molar-refractivity contribution in [2.45, 2.75) is 63.1 Å². The van der Waals surface area contributed by atoms with Crippen molar-refractivity contribution in [3.63, 3.8) is 0 Å². The van der Waals surface area contributed by atoms with Crippen LogP contribution < -0.4 is 25.8 Å². The molecule has 4 aromatic carbocycles. The van der Waals surface area contributed by atoms with Crippen LogP contribution in [0.25, 0.3) is 10.9 Å². The van der Waals surface area contributed by atoms with E-state index >= 15 is 0 Å². The van der Waals surface area contributed by atoms with Gasteiger partial charge in [0.05, 0.1) is 22.2 Å². The van der Waals surface area contributed by atoms with Crippen molar-refractivity contribution in [3.05, 3.63) is 112 Å². The largest absolute Gasteiger partial charge is 0.381 e. The van der Waals surface area contributed by atoms with E-state index in [9.17, 15) is 32.8 Å². The fourth-order valence-corrected chi connectivity index (χ4v) is 9.99. The number of hydrogen-bond donors (Lipinski definition) is 4. The van der Waals surface area contributed by atoms with Crippen LogP contribution in [0.3, 0.4) is 0 Å². The molecule has 5 aromatic rings. The van der Waals surface area contributed by atoms with Crippen molar-refractivity contribution in [1.82, 2.24) is 25.3 Å². The second-order valence-corrected chi connectivity index (χ2v) is 17.5. The third-order valence-corrected chi connectivity index (χ3v) is 13.5. The lowest BCUT2D eigenvalue weighted by atomic mass is 10.0. The summed E-state index contributed by atoms with van der Waals surface area (Å²) >= 11 is 0. The first-order valence-electron chi connectivity index (χ1n) is 22.4. The molecule has 1 aromatic heterocycles.